The molecule has 0 saturated carbocycles. The highest BCUT2D eigenvalue weighted by Crippen LogP contribution is 2.20. The van der Waals surface area contributed by atoms with E-state index in [2.05, 4.69) is 10.3 Å². The van der Waals surface area contributed by atoms with Gasteiger partial charge >= 0.3 is 0 Å². The van der Waals surface area contributed by atoms with Crippen molar-refractivity contribution < 1.29 is 9.53 Å². The summed E-state index contributed by atoms with van der Waals surface area (Å²) in [7, 11) is 0. The van der Waals surface area contributed by atoms with E-state index in [-0.39, 0.29) is 18.4 Å². The number of ether oxygens (including phenoxy) is 1. The van der Waals surface area contributed by atoms with Gasteiger partial charge in [0.2, 0.25) is 5.91 Å². The maximum Gasteiger partial charge on any atom is 0.230 e. The van der Waals surface area contributed by atoms with E-state index < -0.39 is 0 Å². The molecular formula is C20H21N3O2. The first-order chi connectivity index (χ1) is 12.0. The minimum atomic E-state index is -0.126. The summed E-state index contributed by atoms with van der Waals surface area (Å²) < 4.78 is 5.59. The molecule has 2 aromatic carbocycles. The molecule has 25 heavy (non-hydrogen) atoms. The highest BCUT2D eigenvalue weighted by Gasteiger charge is 2.08. The fourth-order valence-corrected chi connectivity index (χ4v) is 2.57. The fraction of sp³-hybridized carbons (Fsp3) is 0.200. The number of carbonyl (C=O) groups is 1. The highest BCUT2D eigenvalue weighted by atomic mass is 16.5. The molecule has 1 heterocycles. The fourth-order valence-electron chi connectivity index (χ4n) is 2.57. The smallest absolute Gasteiger partial charge is 0.230 e. The Bertz CT molecular complexity index is 889. The monoisotopic (exact) mass is 335 g/mol. The number of rotatable bonds is 5. The Labute approximate surface area is 146 Å². The molecule has 0 saturated heterocycles. The Morgan fingerprint density at radius 2 is 1.88 bits per heavy atom. The van der Waals surface area contributed by atoms with Gasteiger partial charge < -0.3 is 15.8 Å². The first-order valence-corrected chi connectivity index (χ1v) is 8.22. The molecule has 0 unspecified atom stereocenters. The molecule has 5 nitrogen and oxygen atoms in total. The summed E-state index contributed by atoms with van der Waals surface area (Å²) in [4.78, 5) is 16.7. The van der Waals surface area contributed by atoms with Crippen molar-refractivity contribution in [3.05, 3.63) is 60.3 Å². The molecule has 3 rings (SSSR count). The molecule has 0 radical (unpaired) electrons. The van der Waals surface area contributed by atoms with Crippen LogP contribution in [0.2, 0.25) is 0 Å². The number of nitrogens with two attached hydrogens (primary N) is 1. The van der Waals surface area contributed by atoms with Crippen molar-refractivity contribution in [3.8, 4) is 5.75 Å². The Hall–Kier alpha value is -3.08. The van der Waals surface area contributed by atoms with Gasteiger partial charge in [-0.2, -0.15) is 0 Å². The van der Waals surface area contributed by atoms with E-state index in [1.165, 1.54) is 0 Å². The van der Waals surface area contributed by atoms with Crippen LogP contribution >= 0.6 is 0 Å². The van der Waals surface area contributed by atoms with Crippen molar-refractivity contribution in [1.82, 2.24) is 4.98 Å². The van der Waals surface area contributed by atoms with Gasteiger partial charge in [-0.05, 0) is 50.2 Å². The molecule has 0 aliphatic rings. The van der Waals surface area contributed by atoms with Gasteiger partial charge in [0, 0.05) is 11.1 Å². The summed E-state index contributed by atoms with van der Waals surface area (Å²) in [6.07, 6.45) is 0.306. The van der Waals surface area contributed by atoms with Crippen molar-refractivity contribution in [2.75, 3.05) is 11.1 Å². The van der Waals surface area contributed by atoms with Gasteiger partial charge in [-0.25, -0.2) is 0 Å². The number of para-hydroxylation sites is 1. The molecule has 3 N–H and O–H groups in total. The number of carbonyl (C=O) groups excluding carboxylic acids is 1. The minimum absolute atomic E-state index is 0.117. The number of amides is 1. The van der Waals surface area contributed by atoms with Crippen LogP contribution in [0.1, 0.15) is 19.5 Å². The molecule has 0 atom stereocenters. The van der Waals surface area contributed by atoms with E-state index in [0.717, 1.165) is 22.3 Å². The third kappa shape index (κ3) is 4.26. The lowest BCUT2D eigenvalue weighted by molar-refractivity contribution is -0.115. The zero-order chi connectivity index (χ0) is 17.8. The number of hydrogen-bond acceptors (Lipinski definition) is 4. The van der Waals surface area contributed by atoms with Gasteiger partial charge in [-0.3, -0.25) is 9.78 Å². The van der Waals surface area contributed by atoms with Crippen LogP contribution in [0.15, 0.2) is 54.6 Å². The van der Waals surface area contributed by atoms with E-state index in [4.69, 9.17) is 10.5 Å². The summed E-state index contributed by atoms with van der Waals surface area (Å²) in [5.74, 6) is 0.651. The standard InChI is InChI=1S/C20H21N3O2/c1-13(2)25-17-10-8-15(9-11-17)22-19(24)12-16-7-6-14-4-3-5-18(21)20(14)23-16/h3-11,13H,12,21H2,1-2H3,(H,22,24). The predicted molar refractivity (Wildman–Crippen MR) is 101 cm³/mol. The third-order valence-electron chi connectivity index (χ3n) is 3.66. The molecule has 1 aromatic heterocycles. The molecule has 0 bridgehead atoms. The average Bonchev–Trinajstić information content (AvgIpc) is 2.57. The lowest BCUT2D eigenvalue weighted by Crippen LogP contribution is -2.15. The second-order valence-electron chi connectivity index (χ2n) is 6.14. The lowest BCUT2D eigenvalue weighted by Gasteiger charge is -2.11. The quantitative estimate of drug-likeness (QED) is 0.696. The second kappa shape index (κ2) is 7.21. The molecule has 3 aromatic rings. The topological polar surface area (TPSA) is 77.2 Å². The van der Waals surface area contributed by atoms with Crippen molar-refractivity contribution in [1.29, 1.82) is 0 Å². The van der Waals surface area contributed by atoms with E-state index in [0.29, 0.717) is 11.4 Å². The number of nitrogen functional groups attached to an aromatic ring is 1. The Balaban J connectivity index is 1.67. The second-order valence-corrected chi connectivity index (χ2v) is 6.14. The van der Waals surface area contributed by atoms with E-state index in [1.807, 2.05) is 62.4 Å². The molecule has 0 spiro atoms. The van der Waals surface area contributed by atoms with E-state index in [1.54, 1.807) is 6.07 Å². The van der Waals surface area contributed by atoms with Crippen LogP contribution in [-0.2, 0) is 11.2 Å². The summed E-state index contributed by atoms with van der Waals surface area (Å²) in [6.45, 7) is 3.94. The molecular weight excluding hydrogens is 314 g/mol. The molecule has 0 aliphatic heterocycles. The van der Waals surface area contributed by atoms with Gasteiger partial charge in [-0.15, -0.1) is 0 Å². The number of nitrogens with zero attached hydrogens (tertiary/aromatic N) is 1. The number of aromatic nitrogens is 1. The normalized spacial score (nSPS) is 10.8. The number of pyridine rings is 1. The lowest BCUT2D eigenvalue weighted by atomic mass is 10.1. The number of benzene rings is 2. The van der Waals surface area contributed by atoms with Crippen LogP contribution < -0.4 is 15.8 Å². The Morgan fingerprint density at radius 3 is 2.60 bits per heavy atom. The summed E-state index contributed by atoms with van der Waals surface area (Å²) >= 11 is 0. The van der Waals surface area contributed by atoms with Gasteiger partial charge in [0.1, 0.15) is 5.75 Å². The summed E-state index contributed by atoms with van der Waals surface area (Å²) in [6, 6.07) is 16.7. The predicted octanol–water partition coefficient (Wildman–Crippen LogP) is 3.79. The Morgan fingerprint density at radius 1 is 1.12 bits per heavy atom. The van der Waals surface area contributed by atoms with Crippen LogP contribution in [0.3, 0.4) is 0 Å². The SMILES string of the molecule is CC(C)Oc1ccc(NC(=O)Cc2ccc3cccc(N)c3n2)cc1. The molecule has 128 valence electrons. The van der Waals surface area contributed by atoms with Gasteiger partial charge in [0.15, 0.2) is 0 Å². The van der Waals surface area contributed by atoms with Crippen molar-refractivity contribution in [3.63, 3.8) is 0 Å². The largest absolute Gasteiger partial charge is 0.491 e. The number of fused-ring (bicyclic) bond motifs is 1. The van der Waals surface area contributed by atoms with Crippen molar-refractivity contribution in [2.24, 2.45) is 0 Å². The summed E-state index contributed by atoms with van der Waals surface area (Å²) in [5, 5.41) is 3.83. The van der Waals surface area contributed by atoms with Crippen molar-refractivity contribution in [2.45, 2.75) is 26.4 Å². The number of hydrogen-bond donors (Lipinski definition) is 2. The third-order valence-corrected chi connectivity index (χ3v) is 3.66. The van der Waals surface area contributed by atoms with Crippen LogP contribution in [0.5, 0.6) is 5.75 Å². The minimum Gasteiger partial charge on any atom is -0.491 e. The first-order valence-electron chi connectivity index (χ1n) is 8.22. The molecule has 0 aliphatic carbocycles. The number of anilines is 2. The van der Waals surface area contributed by atoms with Gasteiger partial charge in [0.25, 0.3) is 0 Å². The molecule has 0 fully saturated rings. The van der Waals surface area contributed by atoms with Crippen LogP contribution in [0, 0.1) is 0 Å². The molecule has 1 amide bonds. The van der Waals surface area contributed by atoms with Crippen LogP contribution in [0.4, 0.5) is 11.4 Å². The van der Waals surface area contributed by atoms with Gasteiger partial charge in [-0.1, -0.05) is 18.2 Å². The zero-order valence-electron chi connectivity index (χ0n) is 14.3. The zero-order valence-corrected chi connectivity index (χ0v) is 14.3. The maximum absolute atomic E-state index is 12.3. The van der Waals surface area contributed by atoms with Crippen LogP contribution in [-0.4, -0.2) is 17.0 Å². The first kappa shape index (κ1) is 16.8. The number of nitrogens with one attached hydrogen (secondary N) is 1. The molecule has 5 heteroatoms. The Kier molecular flexibility index (Phi) is 4.84. The highest BCUT2D eigenvalue weighted by molar-refractivity contribution is 5.93. The van der Waals surface area contributed by atoms with Crippen LogP contribution in [0.25, 0.3) is 10.9 Å². The average molecular weight is 335 g/mol. The van der Waals surface area contributed by atoms with E-state index >= 15 is 0 Å². The van der Waals surface area contributed by atoms with Crippen molar-refractivity contribution >= 4 is 28.2 Å². The summed E-state index contributed by atoms with van der Waals surface area (Å²) in [5.41, 5.74) is 8.70. The maximum atomic E-state index is 12.3. The van der Waals surface area contributed by atoms with E-state index in [9.17, 15) is 4.79 Å². The van der Waals surface area contributed by atoms with Gasteiger partial charge in [0.05, 0.1) is 29.4 Å².